The number of hydrogen-bond donors (Lipinski definition) is 0. The van der Waals surface area contributed by atoms with Gasteiger partial charge in [-0.3, -0.25) is 29.4 Å². The number of carbonyl (C=O) groups excluding carboxylic acids is 3. The number of imide groups is 1. The molecule has 10 nitrogen and oxygen atoms in total. The van der Waals surface area contributed by atoms with E-state index in [1.54, 1.807) is 38.1 Å². The number of ether oxygens (including phenoxy) is 3. The van der Waals surface area contributed by atoms with Crippen LogP contribution in [0.25, 0.3) is 6.08 Å². The number of nitrogens with zero attached hydrogens (tertiary/aromatic N) is 2. The van der Waals surface area contributed by atoms with E-state index < -0.39 is 28.6 Å². The Bertz CT molecular complexity index is 1180. The summed E-state index contributed by atoms with van der Waals surface area (Å²) in [5, 5.41) is 10.4. The minimum Gasteiger partial charge on any atom is -0.490 e. The van der Waals surface area contributed by atoms with Gasteiger partial charge < -0.3 is 14.2 Å². The van der Waals surface area contributed by atoms with Crippen molar-refractivity contribution in [2.24, 2.45) is 0 Å². The number of thioether (sulfide) groups is 1. The Morgan fingerprint density at radius 3 is 2.49 bits per heavy atom. The molecule has 0 bridgehead atoms. The second kappa shape index (κ2) is 11.7. The minimum atomic E-state index is -0.674. The first kappa shape index (κ1) is 26.0. The van der Waals surface area contributed by atoms with Crippen molar-refractivity contribution >= 4 is 52.2 Å². The van der Waals surface area contributed by atoms with Gasteiger partial charge in [0.1, 0.15) is 13.2 Å². The number of nitro benzene ring substituents is 1. The van der Waals surface area contributed by atoms with E-state index in [9.17, 15) is 24.5 Å². The Morgan fingerprint density at radius 2 is 1.86 bits per heavy atom. The fourth-order valence-corrected chi connectivity index (χ4v) is 4.18. The van der Waals surface area contributed by atoms with E-state index in [0.717, 1.165) is 4.90 Å². The Morgan fingerprint density at radius 1 is 1.14 bits per heavy atom. The first-order valence-electron chi connectivity index (χ1n) is 10.5. The Labute approximate surface area is 209 Å². The Kier molecular flexibility index (Phi) is 8.72. The van der Waals surface area contributed by atoms with Crippen LogP contribution in [0.3, 0.4) is 0 Å². The van der Waals surface area contributed by atoms with Gasteiger partial charge in [-0.15, -0.1) is 0 Å². The second-order valence-corrected chi connectivity index (χ2v) is 8.45. The average molecular weight is 521 g/mol. The first-order chi connectivity index (χ1) is 16.7. The molecule has 1 heterocycles. The number of benzene rings is 2. The van der Waals surface area contributed by atoms with Crippen LogP contribution in [0.5, 0.6) is 11.5 Å². The SMILES string of the molecule is CCOC(=O)CN1C(=O)S/C(=C/c2cc(Cl)c(OCc3ccc([N+](=O)[O-])cc3)c(OCC)c2)C1=O. The third kappa shape index (κ3) is 6.52. The molecule has 0 atom stereocenters. The molecule has 12 heteroatoms. The number of halogens is 1. The molecule has 0 spiro atoms. The normalized spacial score (nSPS) is 14.4. The molecule has 1 saturated heterocycles. The van der Waals surface area contributed by atoms with Crippen molar-refractivity contribution in [3.8, 4) is 11.5 Å². The van der Waals surface area contributed by atoms with Gasteiger partial charge in [0.15, 0.2) is 11.5 Å². The molecule has 35 heavy (non-hydrogen) atoms. The van der Waals surface area contributed by atoms with Gasteiger partial charge >= 0.3 is 5.97 Å². The van der Waals surface area contributed by atoms with Gasteiger partial charge in [0.05, 0.1) is 28.1 Å². The molecular weight excluding hydrogens is 500 g/mol. The van der Waals surface area contributed by atoms with Crippen LogP contribution in [0, 0.1) is 10.1 Å². The van der Waals surface area contributed by atoms with Crippen molar-refractivity contribution in [2.45, 2.75) is 20.5 Å². The Balaban J connectivity index is 1.80. The summed E-state index contributed by atoms with van der Waals surface area (Å²) >= 11 is 7.14. The van der Waals surface area contributed by atoms with Gasteiger partial charge in [0.2, 0.25) is 0 Å². The van der Waals surface area contributed by atoms with Crippen LogP contribution in [0.2, 0.25) is 5.02 Å². The summed E-state index contributed by atoms with van der Waals surface area (Å²) in [5.74, 6) is -0.703. The van der Waals surface area contributed by atoms with E-state index in [-0.39, 0.29) is 34.6 Å². The van der Waals surface area contributed by atoms with Crippen LogP contribution in [0.4, 0.5) is 10.5 Å². The van der Waals surface area contributed by atoms with E-state index in [2.05, 4.69) is 0 Å². The third-order valence-corrected chi connectivity index (χ3v) is 5.81. The van der Waals surface area contributed by atoms with Crippen LogP contribution < -0.4 is 9.47 Å². The molecule has 0 N–H and O–H groups in total. The summed E-state index contributed by atoms with van der Waals surface area (Å²) in [4.78, 5) is 47.8. The largest absolute Gasteiger partial charge is 0.490 e. The number of hydrogen-bond acceptors (Lipinski definition) is 9. The van der Waals surface area contributed by atoms with E-state index in [1.807, 2.05) is 0 Å². The van der Waals surface area contributed by atoms with E-state index in [4.69, 9.17) is 25.8 Å². The van der Waals surface area contributed by atoms with E-state index >= 15 is 0 Å². The molecule has 0 unspecified atom stereocenters. The molecule has 0 aliphatic carbocycles. The number of rotatable bonds is 10. The zero-order chi connectivity index (χ0) is 25.5. The van der Waals surface area contributed by atoms with Crippen molar-refractivity contribution in [3.63, 3.8) is 0 Å². The van der Waals surface area contributed by atoms with Crippen LogP contribution in [0.1, 0.15) is 25.0 Å². The first-order valence-corrected chi connectivity index (χ1v) is 11.7. The minimum absolute atomic E-state index is 0.0298. The molecule has 3 rings (SSSR count). The summed E-state index contributed by atoms with van der Waals surface area (Å²) in [6.45, 7) is 3.48. The molecule has 0 saturated carbocycles. The lowest BCUT2D eigenvalue weighted by atomic mass is 10.1. The zero-order valence-corrected chi connectivity index (χ0v) is 20.4. The Hall–Kier alpha value is -3.57. The van der Waals surface area contributed by atoms with Crippen molar-refractivity contribution < 1.29 is 33.5 Å². The molecule has 0 aromatic heterocycles. The summed E-state index contributed by atoms with van der Waals surface area (Å²) in [6.07, 6.45) is 1.48. The summed E-state index contributed by atoms with van der Waals surface area (Å²) in [5.41, 5.74) is 1.15. The number of carbonyl (C=O) groups is 3. The molecule has 2 aromatic rings. The maximum atomic E-state index is 12.6. The second-order valence-electron chi connectivity index (χ2n) is 7.05. The lowest BCUT2D eigenvalue weighted by Gasteiger charge is -2.15. The number of amides is 2. The number of esters is 1. The van der Waals surface area contributed by atoms with Gasteiger partial charge in [-0.05, 0) is 67.1 Å². The molecule has 1 aliphatic heterocycles. The van der Waals surface area contributed by atoms with Crippen LogP contribution in [-0.2, 0) is 20.9 Å². The predicted molar refractivity (Wildman–Crippen MR) is 129 cm³/mol. The predicted octanol–water partition coefficient (Wildman–Crippen LogP) is 4.83. The maximum absolute atomic E-state index is 12.6. The summed E-state index contributed by atoms with van der Waals surface area (Å²) < 4.78 is 16.3. The van der Waals surface area contributed by atoms with Crippen LogP contribution >= 0.6 is 23.4 Å². The van der Waals surface area contributed by atoms with Gasteiger partial charge in [-0.1, -0.05) is 11.6 Å². The van der Waals surface area contributed by atoms with Gasteiger partial charge in [0, 0.05) is 12.1 Å². The zero-order valence-electron chi connectivity index (χ0n) is 18.8. The summed E-state index contributed by atoms with van der Waals surface area (Å²) in [6, 6.07) is 9.07. The van der Waals surface area contributed by atoms with E-state index in [0.29, 0.717) is 35.2 Å². The van der Waals surface area contributed by atoms with E-state index in [1.165, 1.54) is 18.2 Å². The molecular formula is C23H21ClN2O8S. The van der Waals surface area contributed by atoms with Crippen molar-refractivity contribution in [2.75, 3.05) is 19.8 Å². The highest BCUT2D eigenvalue weighted by molar-refractivity contribution is 8.18. The lowest BCUT2D eigenvalue weighted by molar-refractivity contribution is -0.384. The molecule has 1 fully saturated rings. The van der Waals surface area contributed by atoms with Crippen molar-refractivity contribution in [1.82, 2.24) is 4.90 Å². The van der Waals surface area contributed by atoms with Crippen molar-refractivity contribution in [1.29, 1.82) is 0 Å². The molecule has 0 radical (unpaired) electrons. The smallest absolute Gasteiger partial charge is 0.326 e. The quantitative estimate of drug-likeness (QED) is 0.187. The van der Waals surface area contributed by atoms with Crippen LogP contribution in [-0.4, -0.2) is 46.7 Å². The topological polar surface area (TPSA) is 125 Å². The fourth-order valence-electron chi connectivity index (χ4n) is 3.07. The molecule has 184 valence electrons. The highest BCUT2D eigenvalue weighted by Gasteiger charge is 2.36. The number of non-ortho nitro benzene ring substituents is 1. The highest BCUT2D eigenvalue weighted by Crippen LogP contribution is 2.39. The summed E-state index contributed by atoms with van der Waals surface area (Å²) in [7, 11) is 0. The monoisotopic (exact) mass is 520 g/mol. The lowest BCUT2D eigenvalue weighted by Crippen LogP contribution is -2.34. The standard InChI is InChI=1S/C23H21ClN2O8S/c1-3-32-18-10-15(11-19-22(28)25(23(29)35-19)12-20(27)33-4-2)9-17(24)21(18)34-13-14-5-7-16(8-6-14)26(30)31/h5-11H,3-4,12-13H2,1-2H3/b19-11+. The molecule has 1 aliphatic rings. The number of nitro groups is 1. The maximum Gasteiger partial charge on any atom is 0.326 e. The van der Waals surface area contributed by atoms with Gasteiger partial charge in [-0.25, -0.2) is 0 Å². The van der Waals surface area contributed by atoms with Gasteiger partial charge in [0.25, 0.3) is 16.8 Å². The van der Waals surface area contributed by atoms with Crippen LogP contribution in [0.15, 0.2) is 41.3 Å². The van der Waals surface area contributed by atoms with Crippen molar-refractivity contribution in [3.05, 3.63) is 67.6 Å². The molecule has 2 aromatic carbocycles. The average Bonchev–Trinajstić information content (AvgIpc) is 3.06. The highest BCUT2D eigenvalue weighted by atomic mass is 35.5. The fraction of sp³-hybridized carbons (Fsp3) is 0.261. The van der Waals surface area contributed by atoms with Gasteiger partial charge in [-0.2, -0.15) is 0 Å². The molecule has 2 amide bonds. The third-order valence-electron chi connectivity index (χ3n) is 4.63.